The highest BCUT2D eigenvalue weighted by Gasteiger charge is 2.33. The number of anilines is 1. The zero-order valence-electron chi connectivity index (χ0n) is 14.1. The molecule has 1 atom stereocenters. The Morgan fingerprint density at radius 3 is 2.76 bits per heavy atom. The minimum Gasteiger partial charge on any atom is -0.494 e. The van der Waals surface area contributed by atoms with E-state index in [1.54, 1.807) is 17.2 Å². The van der Waals surface area contributed by atoms with Crippen molar-refractivity contribution in [3.63, 3.8) is 0 Å². The smallest absolute Gasteiger partial charge is 0.251 e. The zero-order chi connectivity index (χ0) is 17.6. The number of nitrogens with zero attached hydrogens (tertiary/aromatic N) is 2. The fraction of sp³-hybridized carbons (Fsp3) is 0.316. The van der Waals surface area contributed by atoms with Crippen LogP contribution in [0.5, 0.6) is 5.75 Å². The van der Waals surface area contributed by atoms with Crippen molar-refractivity contribution >= 4 is 17.5 Å². The number of amides is 2. The van der Waals surface area contributed by atoms with Gasteiger partial charge in [-0.05, 0) is 18.4 Å². The van der Waals surface area contributed by atoms with Crippen molar-refractivity contribution in [2.24, 2.45) is 0 Å². The number of likely N-dealkylation sites (tertiary alicyclic amines) is 1. The van der Waals surface area contributed by atoms with Crippen LogP contribution in [0.1, 0.15) is 30.9 Å². The van der Waals surface area contributed by atoms with E-state index in [-0.39, 0.29) is 11.8 Å². The van der Waals surface area contributed by atoms with Gasteiger partial charge in [0, 0.05) is 25.2 Å². The maximum Gasteiger partial charge on any atom is 0.251 e. The van der Waals surface area contributed by atoms with Gasteiger partial charge in [-0.25, -0.2) is 0 Å². The van der Waals surface area contributed by atoms with Crippen molar-refractivity contribution in [3.05, 3.63) is 54.4 Å². The molecule has 1 aliphatic heterocycles. The van der Waals surface area contributed by atoms with Crippen molar-refractivity contribution in [2.75, 3.05) is 19.0 Å². The summed E-state index contributed by atoms with van der Waals surface area (Å²) in [5, 5.41) is 2.86. The van der Waals surface area contributed by atoms with Crippen LogP contribution in [0, 0.1) is 0 Å². The van der Waals surface area contributed by atoms with Crippen LogP contribution in [0.15, 0.2) is 48.8 Å². The van der Waals surface area contributed by atoms with Crippen molar-refractivity contribution in [1.29, 1.82) is 0 Å². The number of benzene rings is 1. The number of methoxy groups -OCH3 is 1. The molecule has 25 heavy (non-hydrogen) atoms. The largest absolute Gasteiger partial charge is 0.494 e. The molecule has 6 heteroatoms. The third-order valence-corrected chi connectivity index (χ3v) is 4.29. The first-order valence-electron chi connectivity index (χ1n) is 8.34. The molecule has 1 fully saturated rings. The van der Waals surface area contributed by atoms with Gasteiger partial charge in [0.1, 0.15) is 17.5 Å². The fourth-order valence-corrected chi connectivity index (χ4v) is 3.06. The highest BCUT2D eigenvalue weighted by molar-refractivity contribution is 5.98. The standard InChI is InChI=1S/C19H21N3O3/c1-25-16-10-11-20-13-15(16)21-19(24)18(14-7-3-2-4-8-14)22-12-6-5-9-17(22)23/h2-4,7-8,10-11,13,18H,5-6,9,12H2,1H3,(H,21,24). The maximum atomic E-state index is 13.0. The summed E-state index contributed by atoms with van der Waals surface area (Å²) >= 11 is 0. The van der Waals surface area contributed by atoms with Gasteiger partial charge in [0.15, 0.2) is 0 Å². The Bertz CT molecular complexity index is 749. The Labute approximate surface area is 146 Å². The number of hydrogen-bond donors (Lipinski definition) is 1. The monoisotopic (exact) mass is 339 g/mol. The van der Waals surface area contributed by atoms with Gasteiger partial charge in [-0.3, -0.25) is 14.6 Å². The van der Waals surface area contributed by atoms with Crippen molar-refractivity contribution in [3.8, 4) is 5.75 Å². The molecule has 0 aliphatic carbocycles. The summed E-state index contributed by atoms with van der Waals surface area (Å²) in [7, 11) is 1.54. The highest BCUT2D eigenvalue weighted by atomic mass is 16.5. The summed E-state index contributed by atoms with van der Waals surface area (Å²) in [6, 6.07) is 10.4. The number of rotatable bonds is 5. The number of piperidine rings is 1. The van der Waals surface area contributed by atoms with Crippen LogP contribution in [-0.4, -0.2) is 35.4 Å². The quantitative estimate of drug-likeness (QED) is 0.909. The van der Waals surface area contributed by atoms with E-state index in [2.05, 4.69) is 10.3 Å². The van der Waals surface area contributed by atoms with Crippen LogP contribution < -0.4 is 10.1 Å². The molecule has 0 spiro atoms. The Morgan fingerprint density at radius 2 is 2.04 bits per heavy atom. The molecule has 130 valence electrons. The minimum absolute atomic E-state index is 0.00778. The van der Waals surface area contributed by atoms with Crippen LogP contribution >= 0.6 is 0 Å². The molecular formula is C19H21N3O3. The van der Waals surface area contributed by atoms with Crippen molar-refractivity contribution < 1.29 is 14.3 Å². The lowest BCUT2D eigenvalue weighted by molar-refractivity contribution is -0.141. The Morgan fingerprint density at radius 1 is 1.24 bits per heavy atom. The van der Waals surface area contributed by atoms with Crippen molar-refractivity contribution in [1.82, 2.24) is 9.88 Å². The van der Waals surface area contributed by atoms with E-state index < -0.39 is 6.04 Å². The average Bonchev–Trinajstić information content (AvgIpc) is 2.65. The van der Waals surface area contributed by atoms with Gasteiger partial charge >= 0.3 is 0 Å². The van der Waals surface area contributed by atoms with Crippen LogP contribution in [0.25, 0.3) is 0 Å². The lowest BCUT2D eigenvalue weighted by Gasteiger charge is -2.34. The first kappa shape index (κ1) is 17.0. The lowest BCUT2D eigenvalue weighted by atomic mass is 10.0. The SMILES string of the molecule is COc1ccncc1NC(=O)C(c1ccccc1)N1CCCCC1=O. The maximum absolute atomic E-state index is 13.0. The molecule has 1 N–H and O–H groups in total. The number of ether oxygens (including phenoxy) is 1. The fourth-order valence-electron chi connectivity index (χ4n) is 3.06. The van der Waals surface area contributed by atoms with Gasteiger partial charge in [-0.15, -0.1) is 0 Å². The summed E-state index contributed by atoms with van der Waals surface area (Å²) < 4.78 is 5.26. The second-order valence-electron chi connectivity index (χ2n) is 5.92. The van der Waals surface area contributed by atoms with E-state index in [1.165, 1.54) is 13.3 Å². The average molecular weight is 339 g/mol. The van der Waals surface area contributed by atoms with Crippen LogP contribution in [0.2, 0.25) is 0 Å². The van der Waals surface area contributed by atoms with Gasteiger partial charge in [-0.1, -0.05) is 30.3 Å². The van der Waals surface area contributed by atoms with E-state index in [0.717, 1.165) is 18.4 Å². The molecule has 2 heterocycles. The van der Waals surface area contributed by atoms with E-state index >= 15 is 0 Å². The first-order chi connectivity index (χ1) is 12.2. The highest BCUT2D eigenvalue weighted by Crippen LogP contribution is 2.29. The van der Waals surface area contributed by atoms with E-state index in [0.29, 0.717) is 24.4 Å². The molecule has 0 saturated carbocycles. The number of aromatic nitrogens is 1. The second-order valence-corrected chi connectivity index (χ2v) is 5.92. The molecule has 1 saturated heterocycles. The summed E-state index contributed by atoms with van der Waals surface area (Å²) in [6.45, 7) is 0.579. The van der Waals surface area contributed by atoms with Gasteiger partial charge in [0.25, 0.3) is 5.91 Å². The summed E-state index contributed by atoms with van der Waals surface area (Å²) in [6.07, 6.45) is 5.38. The Hall–Kier alpha value is -2.89. The molecule has 3 rings (SSSR count). The molecule has 2 aromatic rings. The third kappa shape index (κ3) is 3.79. The normalized spacial score (nSPS) is 15.6. The summed E-state index contributed by atoms with van der Waals surface area (Å²) in [5.41, 5.74) is 1.28. The number of carbonyl (C=O) groups is 2. The van der Waals surface area contributed by atoms with Gasteiger partial charge < -0.3 is 15.0 Å². The molecule has 1 unspecified atom stereocenters. The summed E-state index contributed by atoms with van der Waals surface area (Å²) in [5.74, 6) is 0.265. The molecule has 0 bridgehead atoms. The molecule has 6 nitrogen and oxygen atoms in total. The number of hydrogen-bond acceptors (Lipinski definition) is 4. The zero-order valence-corrected chi connectivity index (χ0v) is 14.1. The van der Waals surface area contributed by atoms with Gasteiger partial charge in [-0.2, -0.15) is 0 Å². The Balaban J connectivity index is 1.91. The topological polar surface area (TPSA) is 71.5 Å². The van der Waals surface area contributed by atoms with E-state index in [9.17, 15) is 9.59 Å². The van der Waals surface area contributed by atoms with Crippen molar-refractivity contribution in [2.45, 2.75) is 25.3 Å². The molecule has 0 radical (unpaired) electrons. The molecule has 1 aromatic heterocycles. The first-order valence-corrected chi connectivity index (χ1v) is 8.34. The van der Waals surface area contributed by atoms with E-state index in [1.807, 2.05) is 30.3 Å². The number of carbonyl (C=O) groups excluding carboxylic acids is 2. The Kier molecular flexibility index (Phi) is 5.28. The number of nitrogens with one attached hydrogen (secondary N) is 1. The molecular weight excluding hydrogens is 318 g/mol. The number of pyridine rings is 1. The third-order valence-electron chi connectivity index (χ3n) is 4.29. The molecule has 1 aliphatic rings. The van der Waals surface area contributed by atoms with Crippen LogP contribution in [0.3, 0.4) is 0 Å². The van der Waals surface area contributed by atoms with Gasteiger partial charge in [0.05, 0.1) is 13.3 Å². The van der Waals surface area contributed by atoms with Gasteiger partial charge in [0.2, 0.25) is 5.91 Å². The predicted octanol–water partition coefficient (Wildman–Crippen LogP) is 2.78. The minimum atomic E-state index is -0.668. The van der Waals surface area contributed by atoms with E-state index in [4.69, 9.17) is 4.74 Å². The molecule has 2 amide bonds. The predicted molar refractivity (Wildman–Crippen MR) is 94.2 cm³/mol. The molecule has 1 aromatic carbocycles. The summed E-state index contributed by atoms with van der Waals surface area (Å²) in [4.78, 5) is 31.1. The van der Waals surface area contributed by atoms with Crippen LogP contribution in [0.4, 0.5) is 5.69 Å². The second kappa shape index (κ2) is 7.79. The van der Waals surface area contributed by atoms with Crippen LogP contribution in [-0.2, 0) is 9.59 Å². The lowest BCUT2D eigenvalue weighted by Crippen LogP contribution is -2.43.